The molecule has 3 aromatic heterocycles. The highest BCUT2D eigenvalue weighted by Crippen LogP contribution is 2.47. The Morgan fingerprint density at radius 1 is 1.41 bits per heavy atom. The maximum absolute atomic E-state index is 12.6. The highest BCUT2D eigenvalue weighted by Gasteiger charge is 2.28. The minimum atomic E-state index is 0.0454. The van der Waals surface area contributed by atoms with Crippen LogP contribution in [0.15, 0.2) is 18.5 Å². The molecule has 1 unspecified atom stereocenters. The Bertz CT molecular complexity index is 979. The zero-order valence-corrected chi connectivity index (χ0v) is 18.7. The number of carbonyl (C=O) groups excluding carboxylic acids is 1. The molecule has 3 N–H and O–H groups in total. The van der Waals surface area contributed by atoms with Crippen molar-refractivity contribution in [1.29, 1.82) is 0 Å². The largest absolute Gasteiger partial charge is 0.317 e. The Labute approximate surface area is 179 Å². The first-order valence-electron chi connectivity index (χ1n) is 10.2. The van der Waals surface area contributed by atoms with Gasteiger partial charge in [-0.1, -0.05) is 13.8 Å². The number of thiazole rings is 1. The summed E-state index contributed by atoms with van der Waals surface area (Å²) in [6.45, 7) is 8.98. The van der Waals surface area contributed by atoms with E-state index in [2.05, 4.69) is 41.7 Å². The molecule has 1 aliphatic rings. The van der Waals surface area contributed by atoms with Gasteiger partial charge in [0, 0.05) is 48.7 Å². The zero-order chi connectivity index (χ0) is 20.4. The number of hydrogen-bond acceptors (Lipinski definition) is 7. The van der Waals surface area contributed by atoms with E-state index in [-0.39, 0.29) is 5.91 Å². The van der Waals surface area contributed by atoms with Crippen molar-refractivity contribution >= 4 is 43.8 Å². The van der Waals surface area contributed by atoms with Crippen LogP contribution in [0.3, 0.4) is 0 Å². The SMILES string of the molecule is CC[C@H](C)NCCC(=O)Nc1sc2c(c1-c1nc3cnccc3s1)C(C)CNC2. The van der Waals surface area contributed by atoms with Gasteiger partial charge in [-0.25, -0.2) is 4.98 Å². The van der Waals surface area contributed by atoms with E-state index < -0.39 is 0 Å². The fourth-order valence-electron chi connectivity index (χ4n) is 3.60. The van der Waals surface area contributed by atoms with E-state index in [0.717, 1.165) is 45.3 Å². The van der Waals surface area contributed by atoms with E-state index in [0.29, 0.717) is 24.9 Å². The summed E-state index contributed by atoms with van der Waals surface area (Å²) in [7, 11) is 0. The molecule has 1 aliphatic heterocycles. The molecule has 1 amide bonds. The van der Waals surface area contributed by atoms with Crippen molar-refractivity contribution in [3.05, 3.63) is 28.9 Å². The van der Waals surface area contributed by atoms with Crippen LogP contribution in [0.2, 0.25) is 0 Å². The van der Waals surface area contributed by atoms with Crippen LogP contribution < -0.4 is 16.0 Å². The van der Waals surface area contributed by atoms with Crippen molar-refractivity contribution in [2.45, 2.75) is 52.1 Å². The van der Waals surface area contributed by atoms with Crippen LogP contribution in [0.4, 0.5) is 5.00 Å². The second kappa shape index (κ2) is 8.87. The molecule has 8 heteroatoms. The number of anilines is 1. The number of nitrogens with zero attached hydrogens (tertiary/aromatic N) is 2. The molecule has 0 radical (unpaired) electrons. The quantitative estimate of drug-likeness (QED) is 0.521. The molecule has 4 rings (SSSR count). The highest BCUT2D eigenvalue weighted by molar-refractivity contribution is 7.22. The van der Waals surface area contributed by atoms with Crippen LogP contribution in [0.1, 0.15) is 50.0 Å². The van der Waals surface area contributed by atoms with Crippen LogP contribution >= 0.6 is 22.7 Å². The smallest absolute Gasteiger partial charge is 0.226 e. The third-order valence-electron chi connectivity index (χ3n) is 5.36. The van der Waals surface area contributed by atoms with E-state index >= 15 is 0 Å². The molecule has 29 heavy (non-hydrogen) atoms. The molecule has 6 nitrogen and oxygen atoms in total. The van der Waals surface area contributed by atoms with Crippen LogP contribution in [-0.4, -0.2) is 35.0 Å². The van der Waals surface area contributed by atoms with Crippen molar-refractivity contribution in [3.8, 4) is 10.6 Å². The van der Waals surface area contributed by atoms with Crippen molar-refractivity contribution in [2.24, 2.45) is 0 Å². The Balaban J connectivity index is 1.64. The standard InChI is InChI=1S/C21H27N5OS2/c1-4-13(3)24-8-6-17(27)26-21-19(18-12(2)9-23-11-16(18)29-21)20-25-14-10-22-7-5-15(14)28-20/h5,7,10,12-13,23-24H,4,6,8-9,11H2,1-3H3,(H,26,27)/t12?,13-/m0/s1. The lowest BCUT2D eigenvalue weighted by molar-refractivity contribution is -0.116. The van der Waals surface area contributed by atoms with E-state index in [1.807, 2.05) is 6.07 Å². The Kier molecular flexibility index (Phi) is 6.24. The molecule has 0 saturated heterocycles. The van der Waals surface area contributed by atoms with Gasteiger partial charge in [-0.2, -0.15) is 0 Å². The third-order valence-corrected chi connectivity index (χ3v) is 7.54. The second-order valence-corrected chi connectivity index (χ2v) is 9.73. The Morgan fingerprint density at radius 3 is 3.07 bits per heavy atom. The number of thiophene rings is 1. The average molecular weight is 430 g/mol. The molecule has 0 spiro atoms. The van der Waals surface area contributed by atoms with Gasteiger partial charge in [0.25, 0.3) is 0 Å². The van der Waals surface area contributed by atoms with Gasteiger partial charge < -0.3 is 16.0 Å². The van der Waals surface area contributed by atoms with Crippen molar-refractivity contribution < 1.29 is 4.79 Å². The normalized spacial score (nSPS) is 17.3. The van der Waals surface area contributed by atoms with Gasteiger partial charge in [-0.3, -0.25) is 9.78 Å². The number of nitrogens with one attached hydrogen (secondary N) is 3. The molecule has 0 bridgehead atoms. The molecule has 154 valence electrons. The monoisotopic (exact) mass is 429 g/mol. The van der Waals surface area contributed by atoms with E-state index in [1.54, 1.807) is 35.1 Å². The van der Waals surface area contributed by atoms with Crippen molar-refractivity contribution in [2.75, 3.05) is 18.4 Å². The number of fused-ring (bicyclic) bond motifs is 2. The zero-order valence-electron chi connectivity index (χ0n) is 17.0. The van der Waals surface area contributed by atoms with Crippen molar-refractivity contribution in [1.82, 2.24) is 20.6 Å². The predicted molar refractivity (Wildman–Crippen MR) is 122 cm³/mol. The molecule has 3 aromatic rings. The highest BCUT2D eigenvalue weighted by atomic mass is 32.1. The summed E-state index contributed by atoms with van der Waals surface area (Å²) in [5.74, 6) is 0.428. The summed E-state index contributed by atoms with van der Waals surface area (Å²) in [4.78, 5) is 23.0. The van der Waals surface area contributed by atoms with Gasteiger partial charge in [0.2, 0.25) is 5.91 Å². The summed E-state index contributed by atoms with van der Waals surface area (Å²) in [5.41, 5.74) is 3.33. The first-order valence-corrected chi connectivity index (χ1v) is 11.8. The van der Waals surface area contributed by atoms with Crippen molar-refractivity contribution in [3.63, 3.8) is 0 Å². The number of carbonyl (C=O) groups is 1. The predicted octanol–water partition coefficient (Wildman–Crippen LogP) is 4.34. The van der Waals surface area contributed by atoms with Crippen LogP contribution in [0.25, 0.3) is 20.8 Å². The molecule has 0 aromatic carbocycles. The lowest BCUT2D eigenvalue weighted by Gasteiger charge is -2.21. The van der Waals surface area contributed by atoms with Crippen LogP contribution in [0.5, 0.6) is 0 Å². The molecule has 4 heterocycles. The first kappa shape index (κ1) is 20.4. The van der Waals surface area contributed by atoms with Gasteiger partial charge in [-0.15, -0.1) is 22.7 Å². The maximum atomic E-state index is 12.6. The summed E-state index contributed by atoms with van der Waals surface area (Å²) in [5, 5.41) is 11.9. The van der Waals surface area contributed by atoms with Gasteiger partial charge in [0.05, 0.1) is 10.9 Å². The number of rotatable bonds is 7. The molecule has 0 saturated carbocycles. The van der Waals surface area contributed by atoms with Crippen LogP contribution in [0, 0.1) is 0 Å². The van der Waals surface area contributed by atoms with Crippen LogP contribution in [-0.2, 0) is 11.3 Å². The minimum absolute atomic E-state index is 0.0454. The molecule has 2 atom stereocenters. The summed E-state index contributed by atoms with van der Waals surface area (Å²) < 4.78 is 1.12. The van der Waals surface area contributed by atoms with Gasteiger partial charge in [0.1, 0.15) is 15.5 Å². The number of pyridine rings is 1. The first-order chi connectivity index (χ1) is 14.1. The maximum Gasteiger partial charge on any atom is 0.226 e. The summed E-state index contributed by atoms with van der Waals surface area (Å²) in [6.07, 6.45) is 5.12. The van der Waals surface area contributed by atoms with E-state index in [1.165, 1.54) is 10.4 Å². The van der Waals surface area contributed by atoms with Gasteiger partial charge in [-0.05, 0) is 30.9 Å². The third kappa shape index (κ3) is 4.35. The average Bonchev–Trinajstić information content (AvgIpc) is 3.29. The topological polar surface area (TPSA) is 78.9 Å². The lowest BCUT2D eigenvalue weighted by Crippen LogP contribution is -2.28. The Morgan fingerprint density at radius 2 is 2.28 bits per heavy atom. The molecular formula is C21H27N5OS2. The summed E-state index contributed by atoms with van der Waals surface area (Å²) >= 11 is 3.35. The van der Waals surface area contributed by atoms with Gasteiger partial charge in [0.15, 0.2) is 0 Å². The summed E-state index contributed by atoms with van der Waals surface area (Å²) in [6, 6.07) is 2.43. The molecular weight excluding hydrogens is 402 g/mol. The lowest BCUT2D eigenvalue weighted by atomic mass is 9.94. The molecule has 0 fully saturated rings. The van der Waals surface area contributed by atoms with E-state index in [9.17, 15) is 4.79 Å². The van der Waals surface area contributed by atoms with Gasteiger partial charge >= 0.3 is 0 Å². The fraction of sp³-hybridized carbons (Fsp3) is 0.476. The van der Waals surface area contributed by atoms with E-state index in [4.69, 9.17) is 4.98 Å². The molecule has 0 aliphatic carbocycles. The minimum Gasteiger partial charge on any atom is -0.317 e. The fourth-order valence-corrected chi connectivity index (χ4v) is 5.97. The number of amides is 1. The number of hydrogen-bond donors (Lipinski definition) is 3. The second-order valence-electron chi connectivity index (χ2n) is 7.60. The Hall–Kier alpha value is -1.87. The number of aromatic nitrogens is 2.